The van der Waals surface area contributed by atoms with Crippen LogP contribution in [-0.4, -0.2) is 21.6 Å². The number of nitrogens with zero attached hydrogens (tertiary/aromatic N) is 2. The molecule has 0 aliphatic heterocycles. The molecular formula is C19H18BrN3O3. The van der Waals surface area contributed by atoms with Crippen LogP contribution < -0.4 is 16.6 Å². The number of halogens is 1. The Hall–Kier alpha value is -2.67. The number of hydrogen-bond donors (Lipinski definition) is 1. The topological polar surface area (TPSA) is 73.1 Å². The van der Waals surface area contributed by atoms with Crippen molar-refractivity contribution in [2.75, 3.05) is 11.9 Å². The van der Waals surface area contributed by atoms with Gasteiger partial charge in [0.15, 0.2) is 0 Å². The maximum atomic E-state index is 12.6. The first-order valence-electron chi connectivity index (χ1n) is 8.14. The Balaban J connectivity index is 1.83. The zero-order valence-electron chi connectivity index (χ0n) is 14.5. The minimum Gasteiger partial charge on any atom is -0.384 e. The fourth-order valence-electron chi connectivity index (χ4n) is 2.76. The van der Waals surface area contributed by atoms with Gasteiger partial charge in [0.25, 0.3) is 5.56 Å². The lowest BCUT2D eigenvalue weighted by molar-refractivity contribution is 0.0896. The van der Waals surface area contributed by atoms with Crippen LogP contribution in [0.25, 0.3) is 10.9 Å². The first-order chi connectivity index (χ1) is 12.4. The first-order valence-corrected chi connectivity index (χ1v) is 8.93. The van der Waals surface area contributed by atoms with E-state index in [0.29, 0.717) is 17.4 Å². The van der Waals surface area contributed by atoms with Crippen LogP contribution in [-0.2, 0) is 7.05 Å². The minimum absolute atomic E-state index is 0.0268. The van der Waals surface area contributed by atoms with Gasteiger partial charge >= 0.3 is 5.69 Å². The van der Waals surface area contributed by atoms with E-state index in [9.17, 15) is 14.4 Å². The number of para-hydroxylation sites is 1. The number of carbonyl (C=O) groups is 1. The molecule has 0 spiro atoms. The van der Waals surface area contributed by atoms with Crippen LogP contribution in [0.1, 0.15) is 16.8 Å². The molecule has 0 aliphatic carbocycles. The molecule has 1 heterocycles. The van der Waals surface area contributed by atoms with E-state index in [1.165, 1.54) is 4.57 Å². The zero-order valence-corrected chi connectivity index (χ0v) is 16.0. The second kappa shape index (κ2) is 7.29. The van der Waals surface area contributed by atoms with Gasteiger partial charge in [-0.3, -0.25) is 14.2 Å². The van der Waals surface area contributed by atoms with Crippen molar-refractivity contribution in [3.05, 3.63) is 73.3 Å². The number of hydrogen-bond acceptors (Lipinski definition) is 4. The van der Waals surface area contributed by atoms with Crippen molar-refractivity contribution in [3.8, 4) is 0 Å². The van der Waals surface area contributed by atoms with Gasteiger partial charge in [0.2, 0.25) is 5.91 Å². The predicted molar refractivity (Wildman–Crippen MR) is 106 cm³/mol. The molecule has 0 bridgehead atoms. The summed E-state index contributed by atoms with van der Waals surface area (Å²) in [6.07, 6.45) is 0.0268. The molecule has 0 saturated carbocycles. The van der Waals surface area contributed by atoms with Crippen molar-refractivity contribution >= 4 is 38.4 Å². The second-order valence-electron chi connectivity index (χ2n) is 6.03. The smallest absolute Gasteiger partial charge is 0.338 e. The molecule has 0 saturated heterocycles. The number of fused-ring (bicyclic) bond motifs is 1. The zero-order chi connectivity index (χ0) is 18.8. The summed E-state index contributed by atoms with van der Waals surface area (Å²) in [7, 11) is 1.55. The Kier molecular flexibility index (Phi) is 5.08. The van der Waals surface area contributed by atoms with Gasteiger partial charge in [0.05, 0.1) is 10.9 Å². The normalized spacial score (nSPS) is 10.9. The largest absolute Gasteiger partial charge is 0.384 e. The van der Waals surface area contributed by atoms with Gasteiger partial charge in [-0.1, -0.05) is 34.1 Å². The molecule has 6 nitrogen and oxygen atoms in total. The third-order valence-corrected chi connectivity index (χ3v) is 5.12. The number of nitrogens with one attached hydrogen (secondary N) is 1. The van der Waals surface area contributed by atoms with Crippen molar-refractivity contribution in [3.63, 3.8) is 0 Å². The Labute approximate surface area is 158 Å². The van der Waals surface area contributed by atoms with Gasteiger partial charge in [-0.15, -0.1) is 0 Å². The Morgan fingerprint density at radius 1 is 1.15 bits per heavy atom. The summed E-state index contributed by atoms with van der Waals surface area (Å²) in [4.78, 5) is 37.5. The number of anilines is 1. The van der Waals surface area contributed by atoms with Crippen LogP contribution in [0.4, 0.5) is 5.69 Å². The number of aromatic nitrogens is 2. The average molecular weight is 416 g/mol. The standard InChI is InChI=1S/C19H18BrN3O3/c1-12-7-8-13(11-15(12)20)21-10-9-17(24)23-18(25)14-5-3-4-6-16(14)22(2)19(23)26/h3-8,11,21H,9-10H2,1-2H3. The van der Waals surface area contributed by atoms with E-state index in [1.54, 1.807) is 31.3 Å². The maximum Gasteiger partial charge on any atom is 0.338 e. The summed E-state index contributed by atoms with van der Waals surface area (Å²) in [6, 6.07) is 12.5. The fraction of sp³-hybridized carbons (Fsp3) is 0.211. The number of benzene rings is 2. The molecule has 0 radical (unpaired) electrons. The fourth-order valence-corrected chi connectivity index (χ4v) is 3.13. The molecule has 3 rings (SSSR count). The van der Waals surface area contributed by atoms with Gasteiger partial charge in [0.1, 0.15) is 0 Å². The Bertz CT molecular complexity index is 1120. The molecule has 7 heteroatoms. The van der Waals surface area contributed by atoms with E-state index in [1.807, 2.05) is 25.1 Å². The molecule has 0 fully saturated rings. The van der Waals surface area contributed by atoms with Crippen LogP contribution in [0.5, 0.6) is 0 Å². The highest BCUT2D eigenvalue weighted by atomic mass is 79.9. The molecule has 2 aromatic carbocycles. The maximum absolute atomic E-state index is 12.6. The van der Waals surface area contributed by atoms with Crippen LogP contribution >= 0.6 is 15.9 Å². The van der Waals surface area contributed by atoms with Crippen molar-refractivity contribution < 1.29 is 4.79 Å². The highest BCUT2D eigenvalue weighted by Gasteiger charge is 2.16. The summed E-state index contributed by atoms with van der Waals surface area (Å²) < 4.78 is 3.00. The summed E-state index contributed by atoms with van der Waals surface area (Å²) in [5.74, 6) is -0.528. The lowest BCUT2D eigenvalue weighted by atomic mass is 10.2. The molecule has 0 aliphatic rings. The molecule has 1 aromatic heterocycles. The first kappa shape index (κ1) is 18.1. The summed E-state index contributed by atoms with van der Waals surface area (Å²) in [5, 5.41) is 3.47. The van der Waals surface area contributed by atoms with E-state index >= 15 is 0 Å². The lowest BCUT2D eigenvalue weighted by Crippen LogP contribution is -2.43. The molecule has 26 heavy (non-hydrogen) atoms. The van der Waals surface area contributed by atoms with Gasteiger partial charge in [-0.2, -0.15) is 4.57 Å². The van der Waals surface area contributed by atoms with Crippen molar-refractivity contribution in [2.45, 2.75) is 13.3 Å². The van der Waals surface area contributed by atoms with Crippen LogP contribution in [0.2, 0.25) is 0 Å². The quantitative estimate of drug-likeness (QED) is 0.710. The van der Waals surface area contributed by atoms with Gasteiger partial charge in [0, 0.05) is 30.2 Å². The molecule has 0 atom stereocenters. The number of aryl methyl sites for hydroxylation is 2. The van der Waals surface area contributed by atoms with Crippen molar-refractivity contribution in [2.24, 2.45) is 7.05 Å². The van der Waals surface area contributed by atoms with E-state index in [4.69, 9.17) is 0 Å². The van der Waals surface area contributed by atoms with E-state index in [0.717, 1.165) is 20.3 Å². The summed E-state index contributed by atoms with van der Waals surface area (Å²) >= 11 is 3.46. The predicted octanol–water partition coefficient (Wildman–Crippen LogP) is 2.91. The Morgan fingerprint density at radius 2 is 1.88 bits per heavy atom. The highest BCUT2D eigenvalue weighted by molar-refractivity contribution is 9.10. The average Bonchev–Trinajstić information content (AvgIpc) is 2.63. The van der Waals surface area contributed by atoms with Gasteiger partial charge in [-0.25, -0.2) is 4.79 Å². The third-order valence-electron chi connectivity index (χ3n) is 4.27. The monoisotopic (exact) mass is 415 g/mol. The van der Waals surface area contributed by atoms with Crippen molar-refractivity contribution in [1.29, 1.82) is 0 Å². The number of carbonyl (C=O) groups excluding carboxylic acids is 1. The molecular weight excluding hydrogens is 398 g/mol. The molecule has 134 valence electrons. The highest BCUT2D eigenvalue weighted by Crippen LogP contribution is 2.20. The third kappa shape index (κ3) is 3.35. The lowest BCUT2D eigenvalue weighted by Gasteiger charge is -2.11. The van der Waals surface area contributed by atoms with E-state index in [2.05, 4.69) is 21.2 Å². The van der Waals surface area contributed by atoms with E-state index in [-0.39, 0.29) is 6.42 Å². The van der Waals surface area contributed by atoms with Crippen LogP contribution in [0.3, 0.4) is 0 Å². The SMILES string of the molecule is Cc1ccc(NCCC(=O)n2c(=O)c3ccccc3n(C)c2=O)cc1Br. The second-order valence-corrected chi connectivity index (χ2v) is 6.89. The molecule has 3 aromatic rings. The summed E-state index contributed by atoms with van der Waals surface area (Å²) in [5.41, 5.74) is 1.27. The van der Waals surface area contributed by atoms with E-state index < -0.39 is 17.2 Å². The molecule has 0 unspecified atom stereocenters. The van der Waals surface area contributed by atoms with Crippen LogP contribution in [0, 0.1) is 6.92 Å². The van der Waals surface area contributed by atoms with Crippen LogP contribution in [0.15, 0.2) is 56.5 Å². The van der Waals surface area contributed by atoms with Gasteiger partial charge < -0.3 is 5.32 Å². The van der Waals surface area contributed by atoms with Crippen molar-refractivity contribution in [1.82, 2.24) is 9.13 Å². The summed E-state index contributed by atoms with van der Waals surface area (Å²) in [6.45, 7) is 2.30. The van der Waals surface area contributed by atoms with Gasteiger partial charge in [-0.05, 0) is 36.8 Å². The minimum atomic E-state index is -0.628. The molecule has 1 N–H and O–H groups in total. The number of rotatable bonds is 4. The Morgan fingerprint density at radius 3 is 2.62 bits per heavy atom. The molecule has 0 amide bonds.